The summed E-state index contributed by atoms with van der Waals surface area (Å²) in [6.45, 7) is 23.8. The molecule has 5 aliphatic rings. The van der Waals surface area contributed by atoms with E-state index in [0.29, 0.717) is 0 Å². The van der Waals surface area contributed by atoms with Crippen molar-refractivity contribution in [2.45, 2.75) is 96.3 Å². The standard InChI is InChI=1S/C46H35N.C41H29N.C40H31N/c1-45(2)36-18-10-8-16-34(36)44-42-30(15-12-19-37(42)45)26-41-43(44)35-17-9-11-20-40(35)47(41)31-22-24-33-32-23-21-29(28-13-6-5-7-14-28)25-38(32)46(3,4)39(33)27-31;1-41(2)34-15-7-5-13-32(34)40-38-30(12-9-16-35(38)41)25-37-39(40)33-14-6-8-17-36(33)42(37)31-22-20-27(21-23-31)29-19-18-26-10-3-4-11-28(26)24-29;1-39(2)31-17-9-6-14-28(31)38-36-24(12-11-18-32(36)39)22-35-37(38)29-15-7-10-19-34(29)41(35)25-20-21-27-26-13-5-8-16-30(26)40(3,4)33(27)23-25/h5-27H,1-4H3;3-25H,1-2H3;5-23H,1-4H3. The predicted molar refractivity (Wildman–Crippen MR) is 551 cm³/mol. The van der Waals surface area contributed by atoms with E-state index in [1.54, 1.807) is 0 Å². The number of rotatable bonds is 5. The van der Waals surface area contributed by atoms with E-state index in [9.17, 15) is 0 Å². The van der Waals surface area contributed by atoms with E-state index in [-0.39, 0.29) is 27.1 Å². The summed E-state index contributed by atoms with van der Waals surface area (Å²) in [6, 6.07) is 147. The molecule has 130 heavy (non-hydrogen) atoms. The number of aromatic nitrogens is 3. The molecule has 3 heteroatoms. The van der Waals surface area contributed by atoms with Crippen molar-refractivity contribution in [2.24, 2.45) is 0 Å². The second-order valence-corrected chi connectivity index (χ2v) is 39.7. The molecule has 23 aromatic rings. The lowest BCUT2D eigenvalue weighted by molar-refractivity contribution is 0.645. The van der Waals surface area contributed by atoms with Crippen molar-refractivity contribution in [3.05, 3.63) is 450 Å². The predicted octanol–water partition coefficient (Wildman–Crippen LogP) is 33.8. The van der Waals surface area contributed by atoms with Crippen LogP contribution in [0, 0.1) is 0 Å². The van der Waals surface area contributed by atoms with Crippen LogP contribution >= 0.6 is 0 Å². The minimum Gasteiger partial charge on any atom is -0.309 e. The first-order chi connectivity index (χ1) is 63.3. The van der Waals surface area contributed by atoms with Crippen molar-refractivity contribution < 1.29 is 0 Å². The van der Waals surface area contributed by atoms with Gasteiger partial charge in [-0.25, -0.2) is 0 Å². The van der Waals surface area contributed by atoms with Gasteiger partial charge in [-0.3, -0.25) is 0 Å². The second-order valence-electron chi connectivity index (χ2n) is 39.7. The van der Waals surface area contributed by atoms with Crippen LogP contribution in [0.15, 0.2) is 394 Å². The monoisotopic (exact) mass is 1660 g/mol. The number of nitrogens with zero attached hydrogens (tertiary/aromatic N) is 3. The Bertz CT molecular complexity index is 8870. The van der Waals surface area contributed by atoms with Gasteiger partial charge in [-0.1, -0.05) is 379 Å². The van der Waals surface area contributed by atoms with Crippen molar-refractivity contribution in [3.8, 4) is 95.0 Å². The normalized spacial score (nSPS) is 14.8. The van der Waals surface area contributed by atoms with Gasteiger partial charge in [0.25, 0.3) is 0 Å². The zero-order chi connectivity index (χ0) is 87.3. The number of benzene rings is 20. The maximum absolute atomic E-state index is 2.52. The first-order valence-electron chi connectivity index (χ1n) is 46.3. The maximum atomic E-state index is 2.52. The van der Waals surface area contributed by atoms with E-state index in [1.807, 2.05) is 0 Å². The number of hydrogen-bond donors (Lipinski definition) is 0. The summed E-state index contributed by atoms with van der Waals surface area (Å²) in [5, 5.41) is 18.6. The third kappa shape index (κ3) is 10.6. The van der Waals surface area contributed by atoms with Gasteiger partial charge in [0.1, 0.15) is 0 Å². The van der Waals surface area contributed by atoms with Gasteiger partial charge < -0.3 is 13.7 Å². The third-order valence-corrected chi connectivity index (χ3v) is 31.1. The fourth-order valence-corrected chi connectivity index (χ4v) is 24.8. The molecule has 3 aromatic heterocycles. The van der Waals surface area contributed by atoms with Crippen LogP contribution in [-0.4, -0.2) is 13.7 Å². The molecule has 0 fully saturated rings. The van der Waals surface area contributed by atoms with Crippen molar-refractivity contribution in [3.63, 3.8) is 0 Å². The van der Waals surface area contributed by atoms with Crippen LogP contribution < -0.4 is 0 Å². The minimum absolute atomic E-state index is 0.0428. The Kier molecular flexibility index (Phi) is 16.1. The molecule has 0 saturated carbocycles. The smallest absolute Gasteiger partial charge is 0.0553 e. The highest BCUT2D eigenvalue weighted by Gasteiger charge is 2.42. The Morgan fingerprint density at radius 2 is 0.438 bits per heavy atom. The van der Waals surface area contributed by atoms with Gasteiger partial charge in [-0.05, 0) is 245 Å². The summed E-state index contributed by atoms with van der Waals surface area (Å²) in [4.78, 5) is 0. The molecule has 20 aromatic carbocycles. The molecule has 5 aliphatic carbocycles. The van der Waals surface area contributed by atoms with Gasteiger partial charge in [0.2, 0.25) is 0 Å². The molecule has 618 valence electrons. The average Bonchev–Trinajstić information content (AvgIpc) is 1.49. The Labute approximate surface area is 758 Å². The van der Waals surface area contributed by atoms with Crippen LogP contribution in [0.3, 0.4) is 0 Å². The first-order valence-corrected chi connectivity index (χ1v) is 46.3. The molecular weight excluding hydrogens is 1570 g/mol. The molecule has 0 spiro atoms. The van der Waals surface area contributed by atoms with E-state index in [4.69, 9.17) is 0 Å². The lowest BCUT2D eigenvalue weighted by Gasteiger charge is -2.35. The lowest BCUT2D eigenvalue weighted by atomic mass is 9.68. The summed E-state index contributed by atoms with van der Waals surface area (Å²) < 4.78 is 7.49. The molecule has 28 rings (SSSR count). The molecule has 3 heterocycles. The lowest BCUT2D eigenvalue weighted by Crippen LogP contribution is -2.23. The number of hydrogen-bond acceptors (Lipinski definition) is 0. The van der Waals surface area contributed by atoms with Gasteiger partial charge in [-0.15, -0.1) is 0 Å². The molecule has 0 unspecified atom stereocenters. The number of fused-ring (bicyclic) bond motifs is 25. The topological polar surface area (TPSA) is 14.8 Å². The van der Waals surface area contributed by atoms with Gasteiger partial charge >= 0.3 is 0 Å². The highest BCUT2D eigenvalue weighted by molar-refractivity contribution is 6.28. The van der Waals surface area contributed by atoms with Crippen LogP contribution in [0.2, 0.25) is 0 Å². The molecular formula is C127H95N3. The van der Waals surface area contributed by atoms with E-state index < -0.39 is 0 Å². The SMILES string of the molecule is CC1(C)c2cc(-c3ccccc3)ccc2-c2ccc(-n3c4ccccc4c4c5c6c(cccc6cc43)C(C)(C)c3ccccc3-5)cc21.CC1(C)c2ccccc2-c2c3c1cccc3cc1c2c2ccccc2n1-c1ccc(-c2ccc3ccccc3c2)cc1.CC1(C)c2ccccc2-c2ccc(-n3c4ccccc4c4c5c6c(cccc6cc43)C(C)(C)c3ccccc3-5)cc21. The molecule has 0 atom stereocenters. The largest absolute Gasteiger partial charge is 0.309 e. The van der Waals surface area contributed by atoms with Crippen molar-refractivity contribution in [2.75, 3.05) is 0 Å². The van der Waals surface area contributed by atoms with E-state index in [2.05, 4.69) is 477 Å². The van der Waals surface area contributed by atoms with Crippen LogP contribution in [0.25, 0.3) is 203 Å². The quantitative estimate of drug-likeness (QED) is 0.163. The summed E-state index contributed by atoms with van der Waals surface area (Å²) in [6.07, 6.45) is 0. The zero-order valence-corrected chi connectivity index (χ0v) is 74.9. The second kappa shape index (κ2) is 27.4. The Morgan fingerprint density at radius 1 is 0.154 bits per heavy atom. The highest BCUT2D eigenvalue weighted by atomic mass is 15.0. The van der Waals surface area contributed by atoms with Crippen LogP contribution in [0.1, 0.15) is 125 Å². The third-order valence-electron chi connectivity index (χ3n) is 31.1. The first kappa shape index (κ1) is 76.1. The minimum atomic E-state index is -0.123. The molecule has 0 aliphatic heterocycles. The van der Waals surface area contributed by atoms with Crippen molar-refractivity contribution in [1.29, 1.82) is 0 Å². The van der Waals surface area contributed by atoms with Crippen LogP contribution in [-0.2, 0) is 27.1 Å². The fourth-order valence-electron chi connectivity index (χ4n) is 24.8. The number of para-hydroxylation sites is 3. The zero-order valence-electron chi connectivity index (χ0n) is 74.9. The molecule has 0 amide bonds. The molecule has 0 saturated heterocycles. The fraction of sp³-hybridized carbons (Fsp3) is 0.118. The highest BCUT2D eigenvalue weighted by Crippen LogP contribution is 2.60. The van der Waals surface area contributed by atoms with Crippen LogP contribution in [0.5, 0.6) is 0 Å². The summed E-state index contributed by atoms with van der Waals surface area (Å²) >= 11 is 0. The average molecular weight is 1660 g/mol. The van der Waals surface area contributed by atoms with E-state index in [0.717, 1.165) is 0 Å². The van der Waals surface area contributed by atoms with Gasteiger partial charge in [0, 0.05) is 93.1 Å². The molecule has 0 bridgehead atoms. The summed E-state index contributed by atoms with van der Waals surface area (Å²) in [5.74, 6) is 0. The van der Waals surface area contributed by atoms with Gasteiger partial charge in [0.05, 0.1) is 33.1 Å². The molecule has 3 nitrogen and oxygen atoms in total. The Hall–Kier alpha value is -15.2. The van der Waals surface area contributed by atoms with E-state index in [1.165, 1.54) is 259 Å². The summed E-state index contributed by atoms with van der Waals surface area (Å²) in [7, 11) is 0. The maximum Gasteiger partial charge on any atom is 0.0553 e. The Balaban J connectivity index is 0.000000103. The van der Waals surface area contributed by atoms with Gasteiger partial charge in [0.15, 0.2) is 0 Å². The molecule has 0 N–H and O–H groups in total. The van der Waals surface area contributed by atoms with Crippen LogP contribution in [0.4, 0.5) is 0 Å². The van der Waals surface area contributed by atoms with Gasteiger partial charge in [-0.2, -0.15) is 0 Å². The Morgan fingerprint density at radius 3 is 0.885 bits per heavy atom. The summed E-state index contributed by atoms with van der Waals surface area (Å²) in [5.41, 5.74) is 43.4. The van der Waals surface area contributed by atoms with E-state index >= 15 is 0 Å². The molecule has 0 radical (unpaired) electrons. The van der Waals surface area contributed by atoms with Crippen molar-refractivity contribution >= 4 is 109 Å². The van der Waals surface area contributed by atoms with Crippen molar-refractivity contribution in [1.82, 2.24) is 13.7 Å².